The van der Waals surface area contributed by atoms with Crippen molar-refractivity contribution in [1.82, 2.24) is 0 Å². The fourth-order valence-corrected chi connectivity index (χ4v) is 3.68. The summed E-state index contributed by atoms with van der Waals surface area (Å²) in [4.78, 5) is 39.8. The molecule has 0 radical (unpaired) electrons. The molecule has 2 amide bonds. The number of hydrazone groups is 1. The number of anilines is 2. The van der Waals surface area contributed by atoms with E-state index in [4.69, 9.17) is 21.1 Å². The van der Waals surface area contributed by atoms with Crippen LogP contribution in [0, 0.1) is 5.92 Å². The van der Waals surface area contributed by atoms with Crippen molar-refractivity contribution in [2.75, 3.05) is 24.1 Å². The minimum atomic E-state index is -1.09. The van der Waals surface area contributed by atoms with E-state index >= 15 is 0 Å². The Morgan fingerprint density at radius 2 is 1.72 bits per heavy atom. The Labute approximate surface area is 171 Å². The summed E-state index contributed by atoms with van der Waals surface area (Å²) < 4.78 is 10.2. The second-order valence-electron chi connectivity index (χ2n) is 6.40. The molecule has 2 aliphatic heterocycles. The number of fused-ring (bicyclic) bond motifs is 1. The Bertz CT molecular complexity index is 1040. The standard InChI is InChI=1S/C20H16ClN3O5/c1-28-14-6-4-3-5-13(14)24-17-15(16(22-24)20(27)29-2)18(25)23(19(17)26)12-9-7-11(21)8-10-12/h3-10,15,17H,1-2H3. The van der Waals surface area contributed by atoms with Crippen molar-refractivity contribution in [3.63, 3.8) is 0 Å². The number of methoxy groups -OCH3 is 2. The number of esters is 1. The molecular formula is C20H16ClN3O5. The zero-order chi connectivity index (χ0) is 20.7. The molecule has 0 N–H and O–H groups in total. The van der Waals surface area contributed by atoms with Crippen LogP contribution in [0.3, 0.4) is 0 Å². The van der Waals surface area contributed by atoms with Gasteiger partial charge in [0, 0.05) is 5.02 Å². The molecule has 2 heterocycles. The van der Waals surface area contributed by atoms with Crippen LogP contribution in [0.25, 0.3) is 0 Å². The molecule has 8 nitrogen and oxygen atoms in total. The van der Waals surface area contributed by atoms with Crippen LogP contribution in [0.4, 0.5) is 11.4 Å². The third-order valence-electron chi connectivity index (χ3n) is 4.86. The maximum Gasteiger partial charge on any atom is 0.355 e. The third kappa shape index (κ3) is 2.92. The number of nitrogens with zero attached hydrogens (tertiary/aromatic N) is 3. The van der Waals surface area contributed by atoms with Gasteiger partial charge in [-0.3, -0.25) is 9.59 Å². The number of rotatable bonds is 4. The van der Waals surface area contributed by atoms with Crippen molar-refractivity contribution < 1.29 is 23.9 Å². The van der Waals surface area contributed by atoms with Crippen LogP contribution in [0.5, 0.6) is 5.75 Å². The first kappa shape index (κ1) is 18.9. The number of imide groups is 1. The summed E-state index contributed by atoms with van der Waals surface area (Å²) in [6.45, 7) is 0. The van der Waals surface area contributed by atoms with Gasteiger partial charge >= 0.3 is 5.97 Å². The Morgan fingerprint density at radius 3 is 2.38 bits per heavy atom. The number of ether oxygens (including phenoxy) is 2. The molecule has 0 bridgehead atoms. The van der Waals surface area contributed by atoms with Crippen LogP contribution in [0.1, 0.15) is 0 Å². The smallest absolute Gasteiger partial charge is 0.355 e. The van der Waals surface area contributed by atoms with Crippen molar-refractivity contribution in [2.45, 2.75) is 6.04 Å². The highest BCUT2D eigenvalue weighted by molar-refractivity contribution is 6.47. The molecule has 1 saturated heterocycles. The summed E-state index contributed by atoms with van der Waals surface area (Å²) in [6.07, 6.45) is 0. The second-order valence-corrected chi connectivity index (χ2v) is 6.84. The topological polar surface area (TPSA) is 88.5 Å². The minimum absolute atomic E-state index is 0.127. The van der Waals surface area contributed by atoms with Gasteiger partial charge in [-0.15, -0.1) is 0 Å². The molecule has 2 aliphatic rings. The quantitative estimate of drug-likeness (QED) is 0.564. The van der Waals surface area contributed by atoms with Crippen LogP contribution in [-0.2, 0) is 19.1 Å². The molecule has 9 heteroatoms. The molecule has 148 valence electrons. The maximum atomic E-state index is 13.3. The van der Waals surface area contributed by atoms with Crippen LogP contribution >= 0.6 is 11.6 Å². The lowest BCUT2D eigenvalue weighted by Crippen LogP contribution is -2.39. The van der Waals surface area contributed by atoms with Gasteiger partial charge in [-0.05, 0) is 36.4 Å². The SMILES string of the molecule is COC(=O)C1=NN(c2ccccc2OC)C2C(=O)N(c3ccc(Cl)cc3)C(=O)C12. The zero-order valence-corrected chi connectivity index (χ0v) is 16.3. The molecule has 0 aliphatic carbocycles. The van der Waals surface area contributed by atoms with Crippen molar-refractivity contribution in [2.24, 2.45) is 11.0 Å². The van der Waals surface area contributed by atoms with E-state index in [0.29, 0.717) is 22.1 Å². The number of benzene rings is 2. The summed E-state index contributed by atoms with van der Waals surface area (Å²) in [6, 6.07) is 12.2. The van der Waals surface area contributed by atoms with E-state index in [9.17, 15) is 14.4 Å². The van der Waals surface area contributed by atoms with E-state index in [1.807, 2.05) is 0 Å². The molecule has 0 aromatic heterocycles. The van der Waals surface area contributed by atoms with Crippen LogP contribution in [-0.4, -0.2) is 43.8 Å². The van der Waals surface area contributed by atoms with Gasteiger partial charge in [0.15, 0.2) is 5.71 Å². The molecule has 2 aromatic carbocycles. The number of hydrogen-bond acceptors (Lipinski definition) is 7. The lowest BCUT2D eigenvalue weighted by molar-refractivity contribution is -0.133. The molecule has 2 atom stereocenters. The van der Waals surface area contributed by atoms with Crippen molar-refractivity contribution in [1.29, 1.82) is 0 Å². The number of hydrogen-bond donors (Lipinski definition) is 0. The Balaban J connectivity index is 1.83. The highest BCUT2D eigenvalue weighted by Gasteiger charge is 2.59. The number of halogens is 1. The fourth-order valence-electron chi connectivity index (χ4n) is 3.55. The first-order valence-electron chi connectivity index (χ1n) is 8.70. The van der Waals surface area contributed by atoms with Gasteiger partial charge in [0.25, 0.3) is 5.91 Å². The van der Waals surface area contributed by atoms with Crippen LogP contribution < -0.4 is 14.6 Å². The maximum absolute atomic E-state index is 13.3. The molecule has 4 rings (SSSR count). The van der Waals surface area contributed by atoms with Crippen molar-refractivity contribution in [3.05, 3.63) is 53.6 Å². The van der Waals surface area contributed by atoms with Gasteiger partial charge in [-0.1, -0.05) is 23.7 Å². The molecule has 2 aromatic rings. The van der Waals surface area contributed by atoms with Crippen LogP contribution in [0.15, 0.2) is 53.6 Å². The largest absolute Gasteiger partial charge is 0.495 e. The summed E-state index contributed by atoms with van der Waals surface area (Å²) >= 11 is 5.92. The normalized spacial score (nSPS) is 20.6. The van der Waals surface area contributed by atoms with E-state index < -0.39 is 29.7 Å². The molecule has 29 heavy (non-hydrogen) atoms. The van der Waals surface area contributed by atoms with Gasteiger partial charge in [0.2, 0.25) is 5.91 Å². The van der Waals surface area contributed by atoms with Gasteiger partial charge in [0.1, 0.15) is 23.4 Å². The fraction of sp³-hybridized carbons (Fsp3) is 0.200. The lowest BCUT2D eigenvalue weighted by Gasteiger charge is -2.23. The third-order valence-corrected chi connectivity index (χ3v) is 5.11. The summed E-state index contributed by atoms with van der Waals surface area (Å²) in [5.74, 6) is -2.46. The highest BCUT2D eigenvalue weighted by Crippen LogP contribution is 2.41. The first-order valence-corrected chi connectivity index (χ1v) is 9.08. The molecular weight excluding hydrogens is 398 g/mol. The van der Waals surface area contributed by atoms with Gasteiger partial charge < -0.3 is 9.47 Å². The molecule has 0 spiro atoms. The van der Waals surface area contributed by atoms with E-state index in [2.05, 4.69) is 5.10 Å². The Hall–Kier alpha value is -3.39. The first-order chi connectivity index (χ1) is 14.0. The summed E-state index contributed by atoms with van der Waals surface area (Å²) in [5.41, 5.74) is 0.698. The average molecular weight is 414 g/mol. The van der Waals surface area contributed by atoms with Gasteiger partial charge in [-0.25, -0.2) is 14.7 Å². The zero-order valence-electron chi connectivity index (χ0n) is 15.5. The van der Waals surface area contributed by atoms with E-state index in [0.717, 1.165) is 4.90 Å². The Kier molecular flexibility index (Phi) is 4.71. The summed E-state index contributed by atoms with van der Waals surface area (Å²) in [7, 11) is 2.68. The molecule has 1 fully saturated rings. The van der Waals surface area contributed by atoms with Gasteiger partial charge in [-0.2, -0.15) is 5.10 Å². The number of carbonyl (C=O) groups excluding carboxylic acids is 3. The van der Waals surface area contributed by atoms with E-state index in [1.54, 1.807) is 48.5 Å². The number of carbonyl (C=O) groups is 3. The van der Waals surface area contributed by atoms with Gasteiger partial charge in [0.05, 0.1) is 19.9 Å². The summed E-state index contributed by atoms with van der Waals surface area (Å²) in [5, 5.41) is 6.10. The predicted octanol–water partition coefficient (Wildman–Crippen LogP) is 2.26. The molecule has 2 unspecified atom stereocenters. The highest BCUT2D eigenvalue weighted by atomic mass is 35.5. The van der Waals surface area contributed by atoms with E-state index in [-0.39, 0.29) is 5.71 Å². The molecule has 0 saturated carbocycles. The predicted molar refractivity (Wildman–Crippen MR) is 106 cm³/mol. The number of amides is 2. The van der Waals surface area contributed by atoms with Crippen molar-refractivity contribution in [3.8, 4) is 5.75 Å². The average Bonchev–Trinajstić information content (AvgIpc) is 3.25. The minimum Gasteiger partial charge on any atom is -0.495 e. The Morgan fingerprint density at radius 1 is 1.03 bits per heavy atom. The van der Waals surface area contributed by atoms with E-state index in [1.165, 1.54) is 19.2 Å². The number of para-hydroxylation sites is 2. The van der Waals surface area contributed by atoms with Crippen molar-refractivity contribution >= 4 is 46.5 Å². The lowest BCUT2D eigenvalue weighted by atomic mass is 9.97. The monoisotopic (exact) mass is 413 g/mol. The van der Waals surface area contributed by atoms with Crippen LogP contribution in [0.2, 0.25) is 5.02 Å². The second kappa shape index (κ2) is 7.21.